The van der Waals surface area contributed by atoms with Gasteiger partial charge in [-0.3, -0.25) is 10.2 Å². The van der Waals surface area contributed by atoms with E-state index in [1.165, 1.54) is 0 Å². The molecule has 1 heterocycles. The molecule has 0 aliphatic rings. The number of fused-ring (bicyclic) bond motifs is 1. The molecule has 0 spiro atoms. The molecule has 0 saturated heterocycles. The second-order valence-electron chi connectivity index (χ2n) is 3.93. The number of carbonyl (C=O) groups is 2. The zero-order chi connectivity index (χ0) is 13.7. The SMILES string of the molecule is CCOC(=O)NNC(=O)Cc1c[nH]c2ccccc12. The summed E-state index contributed by atoms with van der Waals surface area (Å²) in [5.41, 5.74) is 6.32. The van der Waals surface area contributed by atoms with Crippen molar-refractivity contribution < 1.29 is 14.3 Å². The zero-order valence-electron chi connectivity index (χ0n) is 10.5. The van der Waals surface area contributed by atoms with Crippen molar-refractivity contribution >= 4 is 22.9 Å². The summed E-state index contributed by atoms with van der Waals surface area (Å²) < 4.78 is 4.63. The van der Waals surface area contributed by atoms with Crippen molar-refractivity contribution in [2.75, 3.05) is 6.61 Å². The summed E-state index contributed by atoms with van der Waals surface area (Å²) in [6, 6.07) is 7.71. The molecule has 19 heavy (non-hydrogen) atoms. The van der Waals surface area contributed by atoms with E-state index in [1.807, 2.05) is 24.3 Å². The minimum Gasteiger partial charge on any atom is -0.449 e. The number of ether oxygens (including phenoxy) is 1. The Kier molecular flexibility index (Phi) is 4.02. The first-order valence-electron chi connectivity index (χ1n) is 5.97. The molecule has 6 nitrogen and oxygen atoms in total. The predicted molar refractivity (Wildman–Crippen MR) is 70.3 cm³/mol. The van der Waals surface area contributed by atoms with Crippen molar-refractivity contribution in [3.8, 4) is 0 Å². The van der Waals surface area contributed by atoms with Crippen molar-refractivity contribution in [2.45, 2.75) is 13.3 Å². The van der Waals surface area contributed by atoms with Gasteiger partial charge in [0.05, 0.1) is 13.0 Å². The standard InChI is InChI=1S/C13H15N3O3/c1-2-19-13(18)16-15-12(17)7-9-8-14-11-6-4-3-5-10(9)11/h3-6,8,14H,2,7H2,1H3,(H,15,17)(H,16,18). The van der Waals surface area contributed by atoms with E-state index in [1.54, 1.807) is 13.1 Å². The van der Waals surface area contributed by atoms with E-state index in [0.29, 0.717) is 0 Å². The van der Waals surface area contributed by atoms with Crippen LogP contribution in [0.2, 0.25) is 0 Å². The second kappa shape index (κ2) is 5.90. The van der Waals surface area contributed by atoms with E-state index in [9.17, 15) is 9.59 Å². The molecule has 0 unspecified atom stereocenters. The Balaban J connectivity index is 1.94. The lowest BCUT2D eigenvalue weighted by Crippen LogP contribution is -2.42. The summed E-state index contributed by atoms with van der Waals surface area (Å²) in [7, 11) is 0. The lowest BCUT2D eigenvalue weighted by molar-refractivity contribution is -0.121. The van der Waals surface area contributed by atoms with Crippen molar-refractivity contribution in [1.82, 2.24) is 15.8 Å². The molecular weight excluding hydrogens is 246 g/mol. The molecule has 1 aromatic carbocycles. The first-order valence-corrected chi connectivity index (χ1v) is 5.97. The van der Waals surface area contributed by atoms with Crippen LogP contribution in [0.5, 0.6) is 0 Å². The Morgan fingerprint density at radius 1 is 1.26 bits per heavy atom. The van der Waals surface area contributed by atoms with Crippen LogP contribution in [0.25, 0.3) is 10.9 Å². The van der Waals surface area contributed by atoms with Gasteiger partial charge in [-0.25, -0.2) is 10.2 Å². The van der Waals surface area contributed by atoms with E-state index in [2.05, 4.69) is 20.6 Å². The van der Waals surface area contributed by atoms with Gasteiger partial charge in [-0.05, 0) is 18.6 Å². The van der Waals surface area contributed by atoms with Crippen LogP contribution in [-0.2, 0) is 16.0 Å². The molecule has 3 N–H and O–H groups in total. The summed E-state index contributed by atoms with van der Waals surface area (Å²) in [4.78, 5) is 25.8. The molecule has 1 aromatic heterocycles. The average Bonchev–Trinajstić information content (AvgIpc) is 2.80. The van der Waals surface area contributed by atoms with Gasteiger partial charge in [0.15, 0.2) is 0 Å². The van der Waals surface area contributed by atoms with Gasteiger partial charge in [0.2, 0.25) is 5.91 Å². The topological polar surface area (TPSA) is 83.2 Å². The van der Waals surface area contributed by atoms with E-state index < -0.39 is 6.09 Å². The number of rotatable bonds is 3. The molecule has 0 atom stereocenters. The summed E-state index contributed by atoms with van der Waals surface area (Å²) in [5.74, 6) is -0.308. The summed E-state index contributed by atoms with van der Waals surface area (Å²) in [6.45, 7) is 1.94. The Bertz CT molecular complexity index is 592. The molecule has 0 aliphatic carbocycles. The lowest BCUT2D eigenvalue weighted by atomic mass is 10.1. The molecule has 100 valence electrons. The van der Waals surface area contributed by atoms with Crippen LogP contribution in [-0.4, -0.2) is 23.6 Å². The maximum absolute atomic E-state index is 11.7. The van der Waals surface area contributed by atoms with Crippen LogP contribution in [0, 0.1) is 0 Å². The van der Waals surface area contributed by atoms with E-state index in [4.69, 9.17) is 0 Å². The number of nitrogens with one attached hydrogen (secondary N) is 3. The van der Waals surface area contributed by atoms with Gasteiger partial charge < -0.3 is 9.72 Å². The Morgan fingerprint density at radius 3 is 2.84 bits per heavy atom. The van der Waals surface area contributed by atoms with Crippen LogP contribution >= 0.6 is 0 Å². The van der Waals surface area contributed by atoms with E-state index >= 15 is 0 Å². The number of amides is 2. The Morgan fingerprint density at radius 2 is 2.05 bits per heavy atom. The Labute approximate surface area is 110 Å². The number of para-hydroxylation sites is 1. The van der Waals surface area contributed by atoms with Crippen LogP contribution in [0.4, 0.5) is 4.79 Å². The number of aromatic amines is 1. The monoisotopic (exact) mass is 261 g/mol. The quantitative estimate of drug-likeness (QED) is 0.732. The number of H-pyrrole nitrogens is 1. The fraction of sp³-hybridized carbons (Fsp3) is 0.231. The first-order chi connectivity index (χ1) is 9.20. The maximum atomic E-state index is 11.7. The average molecular weight is 261 g/mol. The van der Waals surface area contributed by atoms with Crippen molar-refractivity contribution in [2.24, 2.45) is 0 Å². The largest absolute Gasteiger partial charge is 0.449 e. The van der Waals surface area contributed by atoms with Crippen LogP contribution in [0.15, 0.2) is 30.5 Å². The third-order valence-electron chi connectivity index (χ3n) is 2.61. The summed E-state index contributed by atoms with van der Waals surface area (Å²) in [5, 5.41) is 0.994. The summed E-state index contributed by atoms with van der Waals surface area (Å²) >= 11 is 0. The molecule has 6 heteroatoms. The van der Waals surface area contributed by atoms with Gasteiger partial charge in [0.25, 0.3) is 0 Å². The van der Waals surface area contributed by atoms with Crippen molar-refractivity contribution in [3.05, 3.63) is 36.0 Å². The second-order valence-corrected chi connectivity index (χ2v) is 3.93. The molecule has 0 radical (unpaired) electrons. The fourth-order valence-corrected chi connectivity index (χ4v) is 1.78. The highest BCUT2D eigenvalue weighted by Crippen LogP contribution is 2.17. The number of hydrogen-bond acceptors (Lipinski definition) is 3. The number of hydrogen-bond donors (Lipinski definition) is 3. The van der Waals surface area contributed by atoms with Gasteiger partial charge in [0.1, 0.15) is 0 Å². The maximum Gasteiger partial charge on any atom is 0.426 e. The van der Waals surface area contributed by atoms with E-state index in [-0.39, 0.29) is 18.9 Å². The molecule has 2 amide bonds. The van der Waals surface area contributed by atoms with Crippen molar-refractivity contribution in [3.63, 3.8) is 0 Å². The van der Waals surface area contributed by atoms with Crippen LogP contribution in [0.1, 0.15) is 12.5 Å². The van der Waals surface area contributed by atoms with Crippen LogP contribution in [0.3, 0.4) is 0 Å². The highest BCUT2D eigenvalue weighted by molar-refractivity contribution is 5.89. The minimum atomic E-state index is -0.672. The van der Waals surface area contributed by atoms with Gasteiger partial charge in [-0.2, -0.15) is 0 Å². The van der Waals surface area contributed by atoms with Gasteiger partial charge in [-0.1, -0.05) is 18.2 Å². The van der Waals surface area contributed by atoms with Crippen molar-refractivity contribution in [1.29, 1.82) is 0 Å². The highest BCUT2D eigenvalue weighted by Gasteiger charge is 2.09. The third-order valence-corrected chi connectivity index (χ3v) is 2.61. The fourth-order valence-electron chi connectivity index (χ4n) is 1.78. The zero-order valence-corrected chi connectivity index (χ0v) is 10.5. The molecule has 0 fully saturated rings. The first kappa shape index (κ1) is 12.9. The number of carbonyl (C=O) groups excluding carboxylic acids is 2. The lowest BCUT2D eigenvalue weighted by Gasteiger charge is -2.06. The molecule has 0 saturated carbocycles. The number of aromatic nitrogens is 1. The minimum absolute atomic E-state index is 0.177. The summed E-state index contributed by atoms with van der Waals surface area (Å²) in [6.07, 6.45) is 1.29. The van der Waals surface area contributed by atoms with Crippen LogP contribution < -0.4 is 10.9 Å². The Hall–Kier alpha value is -2.50. The van der Waals surface area contributed by atoms with Gasteiger partial charge in [0, 0.05) is 17.1 Å². The van der Waals surface area contributed by atoms with Gasteiger partial charge >= 0.3 is 6.09 Å². The molecule has 2 rings (SSSR count). The van der Waals surface area contributed by atoms with E-state index in [0.717, 1.165) is 16.5 Å². The smallest absolute Gasteiger partial charge is 0.426 e. The molecule has 2 aromatic rings. The number of benzene rings is 1. The van der Waals surface area contributed by atoms with Gasteiger partial charge in [-0.15, -0.1) is 0 Å². The normalized spacial score (nSPS) is 10.2. The predicted octanol–water partition coefficient (Wildman–Crippen LogP) is 1.49. The molecular formula is C13H15N3O3. The highest BCUT2D eigenvalue weighted by atomic mass is 16.5. The molecule has 0 aliphatic heterocycles. The third kappa shape index (κ3) is 3.25. The molecule has 0 bridgehead atoms. The number of hydrazine groups is 1.